The van der Waals surface area contributed by atoms with Crippen LogP contribution in [-0.4, -0.2) is 20.4 Å². The molecule has 112 valence electrons. The van der Waals surface area contributed by atoms with Gasteiger partial charge in [0.2, 0.25) is 0 Å². The monoisotopic (exact) mass is 308 g/mol. The smallest absolute Gasteiger partial charge is 0.328 e. The highest BCUT2D eigenvalue weighted by molar-refractivity contribution is 7.09. The number of H-pyrrole nitrogens is 1. The van der Waals surface area contributed by atoms with Crippen molar-refractivity contribution in [3.8, 4) is 0 Å². The first-order valence-electron chi connectivity index (χ1n) is 6.52. The van der Waals surface area contributed by atoms with Crippen molar-refractivity contribution in [2.75, 3.05) is 0 Å². The molecule has 1 amide bonds. The molecule has 2 aromatic rings. The quantitative estimate of drug-likeness (QED) is 0.836. The molecule has 0 aliphatic heterocycles. The van der Waals surface area contributed by atoms with Crippen molar-refractivity contribution in [1.82, 2.24) is 19.9 Å². The first-order valence-corrected chi connectivity index (χ1v) is 7.40. The summed E-state index contributed by atoms with van der Waals surface area (Å²) in [5.41, 5.74) is -0.583. The Labute approximate surface area is 124 Å². The number of amides is 1. The normalized spacial score (nSPS) is 10.6. The van der Waals surface area contributed by atoms with Crippen LogP contribution in [0.15, 0.2) is 21.2 Å². The molecule has 0 spiro atoms. The fourth-order valence-corrected chi connectivity index (χ4v) is 2.65. The van der Waals surface area contributed by atoms with E-state index in [2.05, 4.69) is 22.2 Å². The van der Waals surface area contributed by atoms with Crippen molar-refractivity contribution in [3.63, 3.8) is 0 Å². The molecule has 0 aliphatic rings. The summed E-state index contributed by atoms with van der Waals surface area (Å²) in [5.74, 6) is -0.531. The molecular weight excluding hydrogens is 292 g/mol. The molecule has 0 bridgehead atoms. The van der Waals surface area contributed by atoms with Gasteiger partial charge in [0, 0.05) is 18.6 Å². The lowest BCUT2D eigenvalue weighted by atomic mass is 10.3. The van der Waals surface area contributed by atoms with Gasteiger partial charge in [-0.05, 0) is 12.8 Å². The van der Waals surface area contributed by atoms with E-state index in [1.165, 1.54) is 13.2 Å². The van der Waals surface area contributed by atoms with Crippen molar-refractivity contribution < 1.29 is 4.79 Å². The Bertz CT molecular complexity index is 759. The van der Waals surface area contributed by atoms with Crippen LogP contribution >= 0.6 is 11.3 Å². The molecule has 0 saturated carbocycles. The Morgan fingerprint density at radius 2 is 2.24 bits per heavy atom. The zero-order chi connectivity index (χ0) is 15.4. The summed E-state index contributed by atoms with van der Waals surface area (Å²) in [6.07, 6.45) is 3.16. The van der Waals surface area contributed by atoms with E-state index in [1.54, 1.807) is 11.3 Å². The number of aryl methyl sites for hydroxylation is 2. The van der Waals surface area contributed by atoms with Gasteiger partial charge in [-0.2, -0.15) is 0 Å². The van der Waals surface area contributed by atoms with Gasteiger partial charge in [0.1, 0.15) is 5.56 Å². The zero-order valence-corrected chi connectivity index (χ0v) is 12.6. The fraction of sp³-hybridized carbons (Fsp3) is 0.385. The number of aromatic amines is 1. The topological polar surface area (TPSA) is 96.8 Å². The van der Waals surface area contributed by atoms with Crippen LogP contribution in [0.4, 0.5) is 0 Å². The highest BCUT2D eigenvalue weighted by atomic mass is 32.1. The Morgan fingerprint density at radius 3 is 2.95 bits per heavy atom. The molecule has 0 unspecified atom stereocenters. The molecule has 0 atom stereocenters. The summed E-state index contributed by atoms with van der Waals surface area (Å²) in [4.78, 5) is 41.2. The minimum atomic E-state index is -0.694. The molecular formula is C13H16N4O3S. The molecule has 8 heteroatoms. The molecule has 0 saturated heterocycles. The SMILES string of the molecule is CCCc1nc(CNC(=O)c2cn(C)c(=O)[nH]c2=O)cs1. The van der Waals surface area contributed by atoms with E-state index in [-0.39, 0.29) is 12.1 Å². The summed E-state index contributed by atoms with van der Waals surface area (Å²) in [6, 6.07) is 0. The van der Waals surface area contributed by atoms with Gasteiger partial charge in [-0.25, -0.2) is 9.78 Å². The van der Waals surface area contributed by atoms with Crippen LogP contribution in [0, 0.1) is 0 Å². The Morgan fingerprint density at radius 1 is 1.48 bits per heavy atom. The number of hydrogen-bond donors (Lipinski definition) is 2. The molecule has 0 aliphatic carbocycles. The predicted octanol–water partition coefficient (Wildman–Crippen LogP) is 0.413. The maximum atomic E-state index is 12.0. The third-order valence-corrected chi connectivity index (χ3v) is 3.80. The lowest BCUT2D eigenvalue weighted by molar-refractivity contribution is 0.0948. The van der Waals surface area contributed by atoms with E-state index in [1.807, 2.05) is 5.38 Å². The average molecular weight is 308 g/mol. The lowest BCUT2D eigenvalue weighted by Crippen LogP contribution is -2.36. The van der Waals surface area contributed by atoms with Crippen LogP contribution in [0.2, 0.25) is 0 Å². The van der Waals surface area contributed by atoms with Crippen molar-refractivity contribution in [2.24, 2.45) is 7.05 Å². The minimum Gasteiger partial charge on any atom is -0.346 e. The molecule has 2 aromatic heterocycles. The number of nitrogens with zero attached hydrogens (tertiary/aromatic N) is 2. The largest absolute Gasteiger partial charge is 0.346 e. The van der Waals surface area contributed by atoms with Gasteiger partial charge in [0.25, 0.3) is 11.5 Å². The zero-order valence-electron chi connectivity index (χ0n) is 11.8. The highest BCUT2D eigenvalue weighted by Gasteiger charge is 2.12. The number of nitrogens with one attached hydrogen (secondary N) is 2. The second-order valence-corrected chi connectivity index (χ2v) is 5.52. The number of rotatable bonds is 5. The second-order valence-electron chi connectivity index (χ2n) is 4.58. The van der Waals surface area contributed by atoms with Crippen LogP contribution in [-0.2, 0) is 20.0 Å². The molecule has 21 heavy (non-hydrogen) atoms. The fourth-order valence-electron chi connectivity index (χ4n) is 1.75. The molecule has 0 fully saturated rings. The second kappa shape index (κ2) is 6.49. The minimum absolute atomic E-state index is 0.0962. The summed E-state index contributed by atoms with van der Waals surface area (Å²) in [7, 11) is 1.46. The number of aromatic nitrogens is 3. The summed E-state index contributed by atoms with van der Waals surface area (Å²) in [6.45, 7) is 2.33. The van der Waals surface area contributed by atoms with Gasteiger partial charge in [0.05, 0.1) is 17.2 Å². The number of carbonyl (C=O) groups excluding carboxylic acids is 1. The molecule has 2 N–H and O–H groups in total. The van der Waals surface area contributed by atoms with E-state index in [0.717, 1.165) is 28.1 Å². The number of thiazole rings is 1. The van der Waals surface area contributed by atoms with E-state index in [9.17, 15) is 14.4 Å². The van der Waals surface area contributed by atoms with E-state index < -0.39 is 17.2 Å². The van der Waals surface area contributed by atoms with Crippen molar-refractivity contribution in [3.05, 3.63) is 48.7 Å². The van der Waals surface area contributed by atoms with Crippen molar-refractivity contribution in [1.29, 1.82) is 0 Å². The first-order chi connectivity index (χ1) is 10.0. The number of hydrogen-bond acceptors (Lipinski definition) is 5. The summed E-state index contributed by atoms with van der Waals surface area (Å²) in [5, 5.41) is 5.54. The van der Waals surface area contributed by atoms with Crippen molar-refractivity contribution >= 4 is 17.2 Å². The Kier molecular flexibility index (Phi) is 4.69. The van der Waals surface area contributed by atoms with Crippen LogP contribution < -0.4 is 16.6 Å². The van der Waals surface area contributed by atoms with Crippen molar-refractivity contribution in [2.45, 2.75) is 26.3 Å². The van der Waals surface area contributed by atoms with E-state index >= 15 is 0 Å². The maximum Gasteiger partial charge on any atom is 0.328 e. The van der Waals surface area contributed by atoms with Crippen LogP contribution in [0.1, 0.15) is 34.4 Å². The van der Waals surface area contributed by atoms with Gasteiger partial charge in [-0.1, -0.05) is 6.92 Å². The van der Waals surface area contributed by atoms with Gasteiger partial charge >= 0.3 is 5.69 Å². The average Bonchev–Trinajstić information content (AvgIpc) is 2.88. The molecule has 7 nitrogen and oxygen atoms in total. The summed E-state index contributed by atoms with van der Waals surface area (Å²) >= 11 is 1.55. The molecule has 2 heterocycles. The van der Waals surface area contributed by atoms with Crippen LogP contribution in [0.5, 0.6) is 0 Å². The maximum absolute atomic E-state index is 12.0. The Balaban J connectivity index is 2.06. The van der Waals surface area contributed by atoms with Gasteiger partial charge < -0.3 is 9.88 Å². The standard InChI is InChI=1S/C13H16N4O3S/c1-3-4-10-15-8(7-21-10)5-14-11(18)9-6-17(2)13(20)16-12(9)19/h6-7H,3-5H2,1-2H3,(H,14,18)(H,16,19,20). The highest BCUT2D eigenvalue weighted by Crippen LogP contribution is 2.11. The lowest BCUT2D eigenvalue weighted by Gasteiger charge is -2.04. The predicted molar refractivity (Wildman–Crippen MR) is 79.6 cm³/mol. The van der Waals surface area contributed by atoms with E-state index in [0.29, 0.717) is 0 Å². The van der Waals surface area contributed by atoms with Gasteiger partial charge in [0.15, 0.2) is 0 Å². The first kappa shape index (κ1) is 15.2. The number of carbonyl (C=O) groups is 1. The van der Waals surface area contributed by atoms with Crippen LogP contribution in [0.25, 0.3) is 0 Å². The summed E-state index contributed by atoms with van der Waals surface area (Å²) < 4.78 is 1.15. The molecule has 0 aromatic carbocycles. The van der Waals surface area contributed by atoms with Gasteiger partial charge in [-0.3, -0.25) is 14.6 Å². The third-order valence-electron chi connectivity index (χ3n) is 2.85. The third kappa shape index (κ3) is 3.66. The van der Waals surface area contributed by atoms with Gasteiger partial charge in [-0.15, -0.1) is 11.3 Å². The van der Waals surface area contributed by atoms with Crippen LogP contribution in [0.3, 0.4) is 0 Å². The molecule has 2 rings (SSSR count). The molecule has 0 radical (unpaired) electrons. The van der Waals surface area contributed by atoms with E-state index in [4.69, 9.17) is 0 Å². The Hall–Kier alpha value is -2.22.